The molecular formula is C15H18F2N2O2. The van der Waals surface area contributed by atoms with E-state index in [-0.39, 0.29) is 6.04 Å². The minimum atomic E-state index is -0.865. The zero-order chi connectivity index (χ0) is 15.2. The molecule has 0 spiro atoms. The number of benzene rings is 1. The van der Waals surface area contributed by atoms with E-state index in [0.29, 0.717) is 0 Å². The lowest BCUT2D eigenvalue weighted by Gasteiger charge is -2.22. The molecule has 1 aliphatic rings. The summed E-state index contributed by atoms with van der Waals surface area (Å²) in [7, 11) is 0. The Labute approximate surface area is 121 Å². The van der Waals surface area contributed by atoms with Crippen molar-refractivity contribution in [2.45, 2.75) is 44.6 Å². The zero-order valence-electron chi connectivity index (χ0n) is 11.6. The molecule has 1 aliphatic carbocycles. The normalized spacial score (nSPS) is 15.5. The van der Waals surface area contributed by atoms with Gasteiger partial charge in [0.1, 0.15) is 23.7 Å². The largest absolute Gasteiger partial charge is 0.353 e. The van der Waals surface area contributed by atoms with Crippen LogP contribution in [-0.4, -0.2) is 17.9 Å². The number of para-hydroxylation sites is 1. The highest BCUT2D eigenvalue weighted by molar-refractivity contribution is 6.03. The Morgan fingerprint density at radius 3 is 2.29 bits per heavy atom. The van der Waals surface area contributed by atoms with E-state index >= 15 is 0 Å². The van der Waals surface area contributed by atoms with Crippen LogP contribution >= 0.6 is 0 Å². The molecule has 1 aromatic rings. The van der Waals surface area contributed by atoms with Crippen molar-refractivity contribution in [2.75, 3.05) is 5.32 Å². The third-order valence-electron chi connectivity index (χ3n) is 3.52. The van der Waals surface area contributed by atoms with Crippen LogP contribution in [0.1, 0.15) is 38.5 Å². The van der Waals surface area contributed by atoms with Crippen molar-refractivity contribution >= 4 is 17.5 Å². The van der Waals surface area contributed by atoms with Gasteiger partial charge in [-0.3, -0.25) is 9.59 Å². The summed E-state index contributed by atoms with van der Waals surface area (Å²) in [5.74, 6) is -2.88. The summed E-state index contributed by atoms with van der Waals surface area (Å²) in [5, 5.41) is 4.87. The second-order valence-corrected chi connectivity index (χ2v) is 5.22. The maximum absolute atomic E-state index is 13.4. The van der Waals surface area contributed by atoms with Gasteiger partial charge in [0, 0.05) is 6.04 Å². The van der Waals surface area contributed by atoms with Crippen LogP contribution in [0, 0.1) is 11.6 Å². The van der Waals surface area contributed by atoms with Crippen LogP contribution < -0.4 is 10.6 Å². The summed E-state index contributed by atoms with van der Waals surface area (Å²) in [6.07, 6.45) is 4.68. The first-order chi connectivity index (χ1) is 10.1. The molecule has 21 heavy (non-hydrogen) atoms. The average Bonchev–Trinajstić information content (AvgIpc) is 2.44. The average molecular weight is 296 g/mol. The molecule has 0 aliphatic heterocycles. The number of rotatable bonds is 4. The molecular weight excluding hydrogens is 278 g/mol. The van der Waals surface area contributed by atoms with Gasteiger partial charge in [-0.15, -0.1) is 0 Å². The number of amides is 2. The van der Waals surface area contributed by atoms with E-state index in [1.54, 1.807) is 0 Å². The quantitative estimate of drug-likeness (QED) is 0.839. The van der Waals surface area contributed by atoms with Crippen LogP contribution in [0.5, 0.6) is 0 Å². The Morgan fingerprint density at radius 1 is 1.05 bits per heavy atom. The van der Waals surface area contributed by atoms with Crippen molar-refractivity contribution in [2.24, 2.45) is 0 Å². The van der Waals surface area contributed by atoms with Crippen molar-refractivity contribution in [3.63, 3.8) is 0 Å². The molecule has 4 nitrogen and oxygen atoms in total. The number of anilines is 1. The number of carbonyl (C=O) groups is 2. The minimum Gasteiger partial charge on any atom is -0.353 e. The Kier molecular flexibility index (Phi) is 5.25. The van der Waals surface area contributed by atoms with E-state index in [2.05, 4.69) is 10.6 Å². The molecule has 2 rings (SSSR count). The molecule has 6 heteroatoms. The van der Waals surface area contributed by atoms with Crippen LogP contribution in [0.3, 0.4) is 0 Å². The van der Waals surface area contributed by atoms with Crippen LogP contribution in [0.4, 0.5) is 14.5 Å². The molecule has 1 fully saturated rings. The number of nitrogens with one attached hydrogen (secondary N) is 2. The smallest absolute Gasteiger partial charge is 0.233 e. The minimum absolute atomic E-state index is 0.101. The SMILES string of the molecule is O=C(CC(=O)NC1CCCCC1)Nc1c(F)cccc1F. The number of halogens is 2. The molecule has 114 valence electrons. The summed E-state index contributed by atoms with van der Waals surface area (Å²) >= 11 is 0. The molecule has 0 unspecified atom stereocenters. The second-order valence-electron chi connectivity index (χ2n) is 5.22. The molecule has 0 heterocycles. The molecule has 0 atom stereocenters. The predicted octanol–water partition coefficient (Wildman–Crippen LogP) is 2.74. The fourth-order valence-corrected chi connectivity index (χ4v) is 2.47. The summed E-state index contributed by atoms with van der Waals surface area (Å²) in [5.41, 5.74) is -0.520. The first-order valence-electron chi connectivity index (χ1n) is 7.09. The van der Waals surface area contributed by atoms with E-state index in [4.69, 9.17) is 0 Å². The highest BCUT2D eigenvalue weighted by atomic mass is 19.1. The Bertz CT molecular complexity index is 508. The molecule has 0 aromatic heterocycles. The van der Waals surface area contributed by atoms with Gasteiger partial charge in [-0.1, -0.05) is 25.3 Å². The van der Waals surface area contributed by atoms with Gasteiger partial charge in [0.2, 0.25) is 11.8 Å². The lowest BCUT2D eigenvalue weighted by Crippen LogP contribution is -2.38. The number of hydrogen-bond donors (Lipinski definition) is 2. The highest BCUT2D eigenvalue weighted by Gasteiger charge is 2.19. The number of carbonyl (C=O) groups excluding carboxylic acids is 2. The van der Waals surface area contributed by atoms with Crippen LogP contribution in [0.15, 0.2) is 18.2 Å². The van der Waals surface area contributed by atoms with E-state index < -0.39 is 35.6 Å². The first-order valence-corrected chi connectivity index (χ1v) is 7.09. The molecule has 1 aromatic carbocycles. The van der Waals surface area contributed by atoms with E-state index in [0.717, 1.165) is 37.8 Å². The zero-order valence-corrected chi connectivity index (χ0v) is 11.6. The number of hydrogen-bond acceptors (Lipinski definition) is 2. The lowest BCUT2D eigenvalue weighted by atomic mass is 9.95. The standard InChI is InChI=1S/C15H18F2N2O2/c16-11-7-4-8-12(17)15(11)19-14(21)9-13(20)18-10-5-2-1-3-6-10/h4,7-8,10H,1-3,5-6,9H2,(H,18,20)(H,19,21). The van der Waals surface area contributed by atoms with Gasteiger partial charge in [-0.25, -0.2) is 8.78 Å². The lowest BCUT2D eigenvalue weighted by molar-refractivity contribution is -0.127. The van der Waals surface area contributed by atoms with Gasteiger partial charge in [-0.05, 0) is 25.0 Å². The monoisotopic (exact) mass is 296 g/mol. The summed E-state index contributed by atoms with van der Waals surface area (Å²) in [6, 6.07) is 3.39. The maximum Gasteiger partial charge on any atom is 0.233 e. The molecule has 0 bridgehead atoms. The van der Waals surface area contributed by atoms with Crippen LogP contribution in [0.25, 0.3) is 0 Å². The van der Waals surface area contributed by atoms with Gasteiger partial charge >= 0.3 is 0 Å². The molecule has 1 saturated carbocycles. The van der Waals surface area contributed by atoms with Crippen molar-refractivity contribution in [3.8, 4) is 0 Å². The van der Waals surface area contributed by atoms with Crippen LogP contribution in [0.2, 0.25) is 0 Å². The molecule has 2 N–H and O–H groups in total. The van der Waals surface area contributed by atoms with Gasteiger partial charge in [0.25, 0.3) is 0 Å². The van der Waals surface area contributed by atoms with Gasteiger partial charge < -0.3 is 10.6 Å². The highest BCUT2D eigenvalue weighted by Crippen LogP contribution is 2.19. The van der Waals surface area contributed by atoms with Gasteiger partial charge in [-0.2, -0.15) is 0 Å². The Hall–Kier alpha value is -1.98. The first kappa shape index (κ1) is 15.4. The summed E-state index contributed by atoms with van der Waals surface area (Å²) in [6.45, 7) is 0. The Morgan fingerprint density at radius 2 is 1.67 bits per heavy atom. The van der Waals surface area contributed by atoms with Crippen LogP contribution in [-0.2, 0) is 9.59 Å². The summed E-state index contributed by atoms with van der Waals surface area (Å²) < 4.78 is 26.7. The predicted molar refractivity (Wildman–Crippen MR) is 74.6 cm³/mol. The van der Waals surface area contributed by atoms with Gasteiger partial charge in [0.15, 0.2) is 0 Å². The fraction of sp³-hybridized carbons (Fsp3) is 0.467. The van der Waals surface area contributed by atoms with Crippen molar-refractivity contribution in [1.29, 1.82) is 0 Å². The summed E-state index contributed by atoms with van der Waals surface area (Å²) in [4.78, 5) is 23.4. The van der Waals surface area contributed by atoms with Crippen molar-refractivity contribution in [1.82, 2.24) is 5.32 Å². The van der Waals surface area contributed by atoms with Crippen molar-refractivity contribution < 1.29 is 18.4 Å². The topological polar surface area (TPSA) is 58.2 Å². The van der Waals surface area contributed by atoms with Crippen molar-refractivity contribution in [3.05, 3.63) is 29.8 Å². The maximum atomic E-state index is 13.4. The second kappa shape index (κ2) is 7.15. The molecule has 2 amide bonds. The third kappa shape index (κ3) is 4.51. The van der Waals surface area contributed by atoms with E-state index in [9.17, 15) is 18.4 Å². The fourth-order valence-electron chi connectivity index (χ4n) is 2.47. The molecule has 0 radical (unpaired) electrons. The van der Waals surface area contributed by atoms with E-state index in [1.807, 2.05) is 0 Å². The Balaban J connectivity index is 1.85. The van der Waals surface area contributed by atoms with Gasteiger partial charge in [0.05, 0.1) is 0 Å². The van der Waals surface area contributed by atoms with E-state index in [1.165, 1.54) is 12.5 Å². The third-order valence-corrected chi connectivity index (χ3v) is 3.52. The molecule has 0 saturated heterocycles.